The molecule has 0 aliphatic heterocycles. The highest BCUT2D eigenvalue weighted by molar-refractivity contribution is 9.10. The number of carbonyl (C=O) groups is 1. The van der Waals surface area contributed by atoms with Crippen LogP contribution in [0.15, 0.2) is 16.7 Å². The van der Waals surface area contributed by atoms with Crippen molar-refractivity contribution in [1.82, 2.24) is 4.98 Å². The first kappa shape index (κ1) is 15.3. The Morgan fingerprint density at radius 1 is 1.74 bits per heavy atom. The van der Waals surface area contributed by atoms with Crippen LogP contribution in [-0.2, 0) is 9.53 Å². The number of aliphatic hydroxyl groups is 1. The van der Waals surface area contributed by atoms with E-state index in [-0.39, 0.29) is 12.2 Å². The maximum Gasteiger partial charge on any atom is 0.386 e. The SMILES string of the molecule is COC(=O)C(C)(O)CNc1cc(Br)cnc1[N+](=O)[O-]. The number of ether oxygens (including phenoxy) is 1. The number of pyridine rings is 1. The molecule has 0 amide bonds. The second kappa shape index (κ2) is 5.93. The normalized spacial score (nSPS) is 13.5. The first-order chi connectivity index (χ1) is 8.77. The van der Waals surface area contributed by atoms with E-state index in [1.54, 1.807) is 0 Å². The average molecular weight is 334 g/mol. The Labute approximate surface area is 117 Å². The summed E-state index contributed by atoms with van der Waals surface area (Å²) in [5.41, 5.74) is -1.71. The first-order valence-electron chi connectivity index (χ1n) is 5.12. The topological polar surface area (TPSA) is 115 Å². The van der Waals surface area contributed by atoms with E-state index in [1.165, 1.54) is 19.2 Å². The Morgan fingerprint density at radius 2 is 2.37 bits per heavy atom. The monoisotopic (exact) mass is 333 g/mol. The summed E-state index contributed by atoms with van der Waals surface area (Å²) in [4.78, 5) is 25.0. The number of halogens is 1. The molecular weight excluding hydrogens is 322 g/mol. The fraction of sp³-hybridized carbons (Fsp3) is 0.400. The molecule has 0 spiro atoms. The van der Waals surface area contributed by atoms with Crippen molar-refractivity contribution in [1.29, 1.82) is 0 Å². The highest BCUT2D eigenvalue weighted by Crippen LogP contribution is 2.25. The van der Waals surface area contributed by atoms with Crippen molar-refractivity contribution in [2.75, 3.05) is 19.0 Å². The molecule has 0 aromatic carbocycles. The molecule has 1 aromatic heterocycles. The fourth-order valence-electron chi connectivity index (χ4n) is 1.27. The minimum atomic E-state index is -1.80. The van der Waals surface area contributed by atoms with Gasteiger partial charge in [0.25, 0.3) is 0 Å². The van der Waals surface area contributed by atoms with Gasteiger partial charge in [0, 0.05) is 0 Å². The lowest BCUT2D eigenvalue weighted by atomic mass is 10.1. The van der Waals surface area contributed by atoms with Crippen LogP contribution < -0.4 is 5.32 Å². The molecule has 2 N–H and O–H groups in total. The molecule has 1 aromatic rings. The van der Waals surface area contributed by atoms with Crippen LogP contribution in [0.5, 0.6) is 0 Å². The number of hydrogen-bond donors (Lipinski definition) is 2. The second-order valence-corrected chi connectivity index (χ2v) is 4.82. The number of aromatic nitrogens is 1. The summed E-state index contributed by atoms with van der Waals surface area (Å²) < 4.78 is 4.94. The van der Waals surface area contributed by atoms with Gasteiger partial charge in [0.1, 0.15) is 5.69 Å². The van der Waals surface area contributed by atoms with E-state index >= 15 is 0 Å². The molecule has 0 radical (unpaired) electrons. The van der Waals surface area contributed by atoms with Crippen molar-refractivity contribution < 1.29 is 19.6 Å². The van der Waals surface area contributed by atoms with Crippen LogP contribution >= 0.6 is 15.9 Å². The predicted molar refractivity (Wildman–Crippen MR) is 69.7 cm³/mol. The lowest BCUT2D eigenvalue weighted by molar-refractivity contribution is -0.388. The predicted octanol–water partition coefficient (Wildman–Crippen LogP) is 1.09. The number of nitrogens with zero attached hydrogens (tertiary/aromatic N) is 2. The molecule has 0 saturated heterocycles. The van der Waals surface area contributed by atoms with Gasteiger partial charge in [0.2, 0.25) is 0 Å². The van der Waals surface area contributed by atoms with Gasteiger partial charge in [-0.25, -0.2) is 4.79 Å². The largest absolute Gasteiger partial charge is 0.467 e. The van der Waals surface area contributed by atoms with Gasteiger partial charge < -0.3 is 25.3 Å². The molecule has 8 nitrogen and oxygen atoms in total. The molecule has 104 valence electrons. The van der Waals surface area contributed by atoms with Crippen LogP contribution in [0.1, 0.15) is 6.92 Å². The van der Waals surface area contributed by atoms with Crippen molar-refractivity contribution >= 4 is 33.4 Å². The third-order valence-electron chi connectivity index (χ3n) is 2.25. The van der Waals surface area contributed by atoms with Crippen molar-refractivity contribution in [2.24, 2.45) is 0 Å². The number of nitrogens with one attached hydrogen (secondary N) is 1. The van der Waals surface area contributed by atoms with Gasteiger partial charge in [0.15, 0.2) is 11.8 Å². The van der Waals surface area contributed by atoms with Crippen LogP contribution in [0.25, 0.3) is 0 Å². The molecule has 0 aliphatic rings. The summed E-state index contributed by atoms with van der Waals surface area (Å²) in [6.07, 6.45) is 1.28. The van der Waals surface area contributed by atoms with Crippen LogP contribution in [-0.4, -0.2) is 40.2 Å². The zero-order chi connectivity index (χ0) is 14.6. The number of anilines is 1. The van der Waals surface area contributed by atoms with E-state index in [4.69, 9.17) is 0 Å². The Hall–Kier alpha value is -1.74. The highest BCUT2D eigenvalue weighted by atomic mass is 79.9. The number of esters is 1. The summed E-state index contributed by atoms with van der Waals surface area (Å²) in [6, 6.07) is 1.43. The molecule has 1 unspecified atom stereocenters. The highest BCUT2D eigenvalue weighted by Gasteiger charge is 2.32. The molecular formula is C10H12BrN3O5. The van der Waals surface area contributed by atoms with Gasteiger partial charge in [-0.3, -0.25) is 0 Å². The van der Waals surface area contributed by atoms with Crippen LogP contribution in [0.4, 0.5) is 11.5 Å². The minimum Gasteiger partial charge on any atom is -0.467 e. The molecule has 0 aliphatic carbocycles. The summed E-state index contributed by atoms with van der Waals surface area (Å²) in [5.74, 6) is -1.24. The molecule has 0 fully saturated rings. The zero-order valence-corrected chi connectivity index (χ0v) is 11.8. The van der Waals surface area contributed by atoms with E-state index in [0.717, 1.165) is 7.11 Å². The zero-order valence-electron chi connectivity index (χ0n) is 10.2. The number of rotatable bonds is 5. The van der Waals surface area contributed by atoms with Crippen LogP contribution in [0.2, 0.25) is 0 Å². The summed E-state index contributed by atoms with van der Waals surface area (Å²) in [6.45, 7) is 0.988. The van der Waals surface area contributed by atoms with Crippen molar-refractivity contribution in [2.45, 2.75) is 12.5 Å². The van der Waals surface area contributed by atoms with Crippen molar-refractivity contribution in [3.05, 3.63) is 26.9 Å². The first-order valence-corrected chi connectivity index (χ1v) is 5.92. The standard InChI is InChI=1S/C10H12BrN3O5/c1-10(16,9(15)19-2)5-13-7-3-6(11)4-12-8(7)14(17)18/h3-4,13,16H,5H2,1-2H3. The molecule has 1 rings (SSSR count). The number of carbonyl (C=O) groups excluding carboxylic acids is 1. The molecule has 0 saturated carbocycles. The van der Waals surface area contributed by atoms with E-state index in [0.29, 0.717) is 4.47 Å². The van der Waals surface area contributed by atoms with Crippen LogP contribution in [0, 0.1) is 10.1 Å². The van der Waals surface area contributed by atoms with E-state index in [2.05, 4.69) is 31.0 Å². The molecule has 0 bridgehead atoms. The van der Waals surface area contributed by atoms with Crippen molar-refractivity contribution in [3.8, 4) is 0 Å². The van der Waals surface area contributed by atoms with Gasteiger partial charge >= 0.3 is 11.8 Å². The maximum absolute atomic E-state index is 11.3. The molecule has 1 atom stereocenters. The third-order valence-corrected chi connectivity index (χ3v) is 2.69. The summed E-state index contributed by atoms with van der Waals surface area (Å²) in [5, 5.41) is 23.2. The van der Waals surface area contributed by atoms with Crippen LogP contribution in [0.3, 0.4) is 0 Å². The average Bonchev–Trinajstić information content (AvgIpc) is 2.35. The van der Waals surface area contributed by atoms with Gasteiger partial charge in [0.05, 0.1) is 18.1 Å². The molecule has 1 heterocycles. The lowest BCUT2D eigenvalue weighted by Crippen LogP contribution is -2.42. The lowest BCUT2D eigenvalue weighted by Gasteiger charge is -2.20. The summed E-state index contributed by atoms with van der Waals surface area (Å²) in [7, 11) is 1.14. The minimum absolute atomic E-state index is 0.0866. The number of methoxy groups -OCH3 is 1. The second-order valence-electron chi connectivity index (χ2n) is 3.90. The van der Waals surface area contributed by atoms with E-state index < -0.39 is 22.3 Å². The molecule has 9 heteroatoms. The maximum atomic E-state index is 11.3. The Bertz CT molecular complexity index is 506. The summed E-state index contributed by atoms with van der Waals surface area (Å²) >= 11 is 3.13. The van der Waals surface area contributed by atoms with Gasteiger partial charge in [-0.2, -0.15) is 0 Å². The Kier molecular flexibility index (Phi) is 4.78. The fourth-order valence-corrected chi connectivity index (χ4v) is 1.60. The quantitative estimate of drug-likeness (QED) is 0.470. The van der Waals surface area contributed by atoms with E-state index in [9.17, 15) is 20.0 Å². The van der Waals surface area contributed by atoms with Gasteiger partial charge in [-0.1, -0.05) is 0 Å². The van der Waals surface area contributed by atoms with Gasteiger partial charge in [-0.05, 0) is 38.8 Å². The molecule has 19 heavy (non-hydrogen) atoms. The number of hydrogen-bond acceptors (Lipinski definition) is 7. The Balaban J connectivity index is 2.91. The smallest absolute Gasteiger partial charge is 0.386 e. The van der Waals surface area contributed by atoms with Crippen molar-refractivity contribution in [3.63, 3.8) is 0 Å². The van der Waals surface area contributed by atoms with E-state index in [1.807, 2.05) is 0 Å². The number of nitro groups is 1. The third kappa shape index (κ3) is 3.86. The Morgan fingerprint density at radius 3 is 2.89 bits per heavy atom. The van der Waals surface area contributed by atoms with Gasteiger partial charge in [-0.15, -0.1) is 0 Å².